The van der Waals surface area contributed by atoms with Crippen LogP contribution in [0.15, 0.2) is 122 Å². The molecule has 0 aliphatic carbocycles. The fraction of sp³-hybridized carbons (Fsp3) is 0.429. The Bertz CT molecular complexity index is 4270. The van der Waals surface area contributed by atoms with E-state index in [0.29, 0.717) is 59.4 Å². The Hall–Kier alpha value is -12.2. The number of aromatic amines is 1. The monoisotopic (exact) mass is 1530 g/mol. The summed E-state index contributed by atoms with van der Waals surface area (Å²) in [6.45, 7) is 12.2. The summed E-state index contributed by atoms with van der Waals surface area (Å²) in [6.07, 6.45) is 2.42. The normalized spacial score (nSPS) is 14.9. The number of hydrogen-bond acceptors (Lipinski definition) is 19. The molecule has 34 nitrogen and oxygen atoms in total. The van der Waals surface area contributed by atoms with Crippen LogP contribution in [-0.4, -0.2) is 199 Å². The number of nitrogen functional groups attached to an aromatic ring is 1. The first kappa shape index (κ1) is 86.0. The largest absolute Gasteiger partial charge is 0.480 e. The van der Waals surface area contributed by atoms with Crippen molar-refractivity contribution in [1.82, 2.24) is 78.6 Å². The van der Waals surface area contributed by atoms with Crippen LogP contribution in [0.25, 0.3) is 10.8 Å². The molecule has 111 heavy (non-hydrogen) atoms. The zero-order valence-electron chi connectivity index (χ0n) is 63.2. The van der Waals surface area contributed by atoms with Gasteiger partial charge in [-0.2, -0.15) is 5.10 Å². The van der Waals surface area contributed by atoms with Crippen molar-refractivity contribution in [2.24, 2.45) is 5.92 Å². The number of nitrogens with zero attached hydrogens (tertiary/aromatic N) is 3. The molecule has 0 bridgehead atoms. The number of anilines is 3. The number of aliphatic hydroxyl groups excluding tert-OH is 1. The third-order valence-electron chi connectivity index (χ3n) is 18.0. The van der Waals surface area contributed by atoms with E-state index in [0.717, 1.165) is 17.0 Å². The summed E-state index contributed by atoms with van der Waals surface area (Å²) >= 11 is 0. The quantitative estimate of drug-likeness (QED) is 0.0187. The van der Waals surface area contributed by atoms with Gasteiger partial charge in [0.25, 0.3) is 11.8 Å². The Morgan fingerprint density at radius 2 is 1.05 bits per heavy atom. The fourth-order valence-electron chi connectivity index (χ4n) is 12.4. The number of aliphatic hydroxyl groups is 1. The smallest absolute Gasteiger partial charge is 0.325 e. The van der Waals surface area contributed by atoms with E-state index in [2.05, 4.69) is 84.3 Å². The molecule has 1 aliphatic heterocycles. The van der Waals surface area contributed by atoms with Gasteiger partial charge in [0.2, 0.25) is 65.0 Å². The lowest BCUT2D eigenvalue weighted by atomic mass is 9.99. The van der Waals surface area contributed by atoms with Gasteiger partial charge in [-0.1, -0.05) is 100 Å². The van der Waals surface area contributed by atoms with Crippen molar-refractivity contribution in [1.29, 1.82) is 0 Å². The standard InChI is InChI=1S/C77H100N18O16/c1-42(2)33-58(68(101)86-57(18-11-12-31-80-43(3)4)76(109)95-32-14-19-64(95)74(107)82-44(5)77(110)111)87-69(102)60(35-48-21-26-54(27-22-48)83-45(6)97)88-70(103)61(36-49-23-28-55(29-24-49)84-46(7)98)89-73(106)63(41-96)91-71(104)62(38-51-15-13-30-79-39-51)90-75(108)66(92-67(100)56-40-81-94-65(56)78)93-72(105)59(85-47(8)99)37-50-20-25-52-16-9-10-17-53(52)34-50/h9-10,13,15-17,20-30,34,39-40,42-44,57-64,66,80,96H,11-12,14,18-19,31-33,35-38,41H2,1-8H3,(H,82,107)(H,83,97)(H,84,98)(H,85,99)(H,86,101)(H,87,102)(H,88,103)(H,89,106)(H,90,108)(H,91,104)(H,92,100)(H,93,105)(H,110,111)(H3,78,81,94)/t44-,57+,58+,59-,60-,61+,62-,63+,64+,66+/m1/s1. The highest BCUT2D eigenvalue weighted by molar-refractivity contribution is 6.03. The molecule has 4 aromatic carbocycles. The van der Waals surface area contributed by atoms with E-state index in [9.17, 15) is 67.7 Å². The summed E-state index contributed by atoms with van der Waals surface area (Å²) in [5.74, 6) is -12.7. The van der Waals surface area contributed by atoms with Crippen LogP contribution in [0, 0.1) is 5.92 Å². The first-order valence-corrected chi connectivity index (χ1v) is 36.6. The van der Waals surface area contributed by atoms with Gasteiger partial charge in [0.15, 0.2) is 6.17 Å². The van der Waals surface area contributed by atoms with Crippen molar-refractivity contribution >= 4 is 111 Å². The van der Waals surface area contributed by atoms with Crippen LogP contribution in [-0.2, 0) is 88.0 Å². The van der Waals surface area contributed by atoms with Gasteiger partial charge in [-0.3, -0.25) is 77.2 Å². The predicted octanol–water partition coefficient (Wildman–Crippen LogP) is 0.800. The number of unbranched alkanes of at least 4 members (excludes halogenated alkanes) is 1. The van der Waals surface area contributed by atoms with Gasteiger partial charge in [-0.15, -0.1) is 0 Å². The Morgan fingerprint density at radius 3 is 1.58 bits per heavy atom. The number of rotatable bonds is 40. The summed E-state index contributed by atoms with van der Waals surface area (Å²) in [5, 5.41) is 63.0. The summed E-state index contributed by atoms with van der Waals surface area (Å²) in [6, 6.07) is 15.2. The van der Waals surface area contributed by atoms with Crippen molar-refractivity contribution < 1.29 is 77.3 Å². The van der Waals surface area contributed by atoms with E-state index >= 15 is 9.59 Å². The number of hydrogen-bond donors (Lipinski definition) is 17. The van der Waals surface area contributed by atoms with E-state index in [1.165, 1.54) is 75.3 Å². The number of pyridine rings is 1. The summed E-state index contributed by atoms with van der Waals surface area (Å²) in [4.78, 5) is 200. The van der Waals surface area contributed by atoms with Gasteiger partial charge < -0.3 is 90.0 Å². The van der Waals surface area contributed by atoms with Crippen LogP contribution in [0.3, 0.4) is 0 Å². The number of carbonyl (C=O) groups excluding carboxylic acids is 13. The van der Waals surface area contributed by atoms with E-state index in [-0.39, 0.29) is 80.7 Å². The molecule has 0 saturated carbocycles. The van der Waals surface area contributed by atoms with Crippen molar-refractivity contribution in [2.45, 2.75) is 186 Å². The SMILES string of the molecule is CC(=O)Nc1ccc(C[C@H](NC(=O)[C@H](CO)NC(=O)[C@@H](Cc2cccnc2)NC(=O)[C@@H](NC(=O)c2cn[nH]c2N)NC(=O)[C@@H](Cc2ccc3ccccc3c2)NC(C)=O)C(=O)N[C@H](Cc2ccc(NC(C)=O)cc2)C(=O)N[C@@H](CC(C)C)C(=O)N[C@@H](CCCCNC(C)C)C(=O)N2CCC[C@H]2C(=O)N[C@H](C)C(=O)O)cc1. The molecule has 1 aliphatic rings. The Balaban J connectivity index is 1.18. The maximum absolute atomic E-state index is 15.3. The summed E-state index contributed by atoms with van der Waals surface area (Å²) in [7, 11) is 0. The second-order valence-corrected chi connectivity index (χ2v) is 28.0. The van der Waals surface area contributed by atoms with Crippen LogP contribution >= 0.6 is 0 Å². The lowest BCUT2D eigenvalue weighted by molar-refractivity contribution is -0.144. The number of aliphatic carboxylic acids is 1. The highest BCUT2D eigenvalue weighted by Crippen LogP contribution is 2.23. The molecular formula is C77H100N18O16. The number of H-pyrrole nitrogens is 1. The number of fused-ring (bicyclic) bond motifs is 1. The lowest BCUT2D eigenvalue weighted by Gasteiger charge is -2.31. The number of aromatic nitrogens is 3. The number of carboxylic acids is 1. The molecule has 2 aromatic heterocycles. The molecule has 7 rings (SSSR count). The molecule has 1 fully saturated rings. The molecular weight excluding hydrogens is 1430 g/mol. The van der Waals surface area contributed by atoms with E-state index in [1.54, 1.807) is 50.2 Å². The van der Waals surface area contributed by atoms with Crippen LogP contribution < -0.4 is 74.9 Å². The van der Waals surface area contributed by atoms with Crippen LogP contribution in [0.1, 0.15) is 127 Å². The number of carboxylic acid groups (broad SMARTS) is 1. The van der Waals surface area contributed by atoms with Gasteiger partial charge in [0.05, 0.1) is 12.8 Å². The van der Waals surface area contributed by atoms with Gasteiger partial charge >= 0.3 is 5.97 Å². The Morgan fingerprint density at radius 1 is 0.532 bits per heavy atom. The van der Waals surface area contributed by atoms with Crippen molar-refractivity contribution in [2.75, 3.05) is 36.1 Å². The minimum absolute atomic E-state index is 0.0120. The van der Waals surface area contributed by atoms with Crippen molar-refractivity contribution in [3.05, 3.63) is 150 Å². The number of nitrogens with two attached hydrogens (primary N) is 1. The molecule has 594 valence electrons. The first-order valence-electron chi connectivity index (χ1n) is 36.6. The molecule has 6 aromatic rings. The van der Waals surface area contributed by atoms with E-state index in [4.69, 9.17) is 5.73 Å². The molecule has 18 N–H and O–H groups in total. The van der Waals surface area contributed by atoms with Gasteiger partial charge in [-0.25, -0.2) is 0 Å². The second kappa shape index (κ2) is 42.0. The Kier molecular flexibility index (Phi) is 32.5. The number of benzene rings is 4. The summed E-state index contributed by atoms with van der Waals surface area (Å²) < 4.78 is 0. The number of nitrogens with one attached hydrogen (secondary N) is 14. The van der Waals surface area contributed by atoms with Crippen molar-refractivity contribution in [3.63, 3.8) is 0 Å². The molecule has 0 spiro atoms. The van der Waals surface area contributed by atoms with Gasteiger partial charge in [-0.05, 0) is 121 Å². The molecule has 13 amide bonds. The fourth-order valence-corrected chi connectivity index (χ4v) is 12.4. The maximum Gasteiger partial charge on any atom is 0.325 e. The number of likely N-dealkylation sites (tertiary alicyclic amines) is 1. The van der Waals surface area contributed by atoms with Crippen LogP contribution in [0.5, 0.6) is 0 Å². The third kappa shape index (κ3) is 27.2. The van der Waals surface area contributed by atoms with Gasteiger partial charge in [0, 0.05) is 82.8 Å². The zero-order chi connectivity index (χ0) is 81.0. The van der Waals surface area contributed by atoms with Crippen LogP contribution in [0.4, 0.5) is 17.2 Å². The summed E-state index contributed by atoms with van der Waals surface area (Å²) in [5.41, 5.74) is 8.22. The Labute approximate surface area is 641 Å². The number of carbonyl (C=O) groups is 14. The zero-order valence-corrected chi connectivity index (χ0v) is 63.2. The van der Waals surface area contributed by atoms with Gasteiger partial charge in [0.1, 0.15) is 65.8 Å². The molecule has 1 saturated heterocycles. The van der Waals surface area contributed by atoms with E-state index < -0.39 is 144 Å². The molecule has 0 radical (unpaired) electrons. The highest BCUT2D eigenvalue weighted by Gasteiger charge is 2.41. The van der Waals surface area contributed by atoms with Crippen molar-refractivity contribution in [3.8, 4) is 0 Å². The molecule has 0 unspecified atom stereocenters. The second-order valence-electron chi connectivity index (χ2n) is 28.0. The van der Waals surface area contributed by atoms with Crippen LogP contribution in [0.2, 0.25) is 0 Å². The molecule has 10 atom stereocenters. The number of amides is 13. The first-order chi connectivity index (χ1) is 52.8. The third-order valence-corrected chi connectivity index (χ3v) is 18.0. The lowest BCUT2D eigenvalue weighted by Crippen LogP contribution is -2.64. The molecule has 34 heteroatoms. The van der Waals surface area contributed by atoms with E-state index in [1.807, 2.05) is 50.2 Å². The molecule has 3 heterocycles. The predicted molar refractivity (Wildman–Crippen MR) is 410 cm³/mol. The topological polar surface area (TPSA) is 507 Å². The minimum atomic E-state index is -2.04. The minimum Gasteiger partial charge on any atom is -0.480 e. The highest BCUT2D eigenvalue weighted by atomic mass is 16.4. The maximum atomic E-state index is 15.3. The average molecular weight is 1530 g/mol. The average Bonchev–Trinajstić information content (AvgIpc) is 1.73.